The van der Waals surface area contributed by atoms with Gasteiger partial charge in [-0.05, 0) is 53.0 Å². The average Bonchev–Trinajstić information content (AvgIpc) is 2.60. The van der Waals surface area contributed by atoms with Crippen molar-refractivity contribution in [2.24, 2.45) is 0 Å². The number of piperidine rings is 1. The van der Waals surface area contributed by atoms with E-state index in [0.29, 0.717) is 0 Å². The number of amides is 1. The SMILES string of the molecule is COC1(CN(C)C)CCN(C(=O)[C@H](Cc2ccccc2)N(C)C)CC1. The molecule has 0 spiro atoms. The molecule has 0 N–H and O–H groups in total. The normalized spacial score (nSPS) is 18.6. The van der Waals surface area contributed by atoms with Crippen molar-refractivity contribution in [1.29, 1.82) is 0 Å². The molecule has 1 atom stereocenters. The first-order valence-corrected chi connectivity index (χ1v) is 9.06. The van der Waals surface area contributed by atoms with Crippen molar-refractivity contribution in [2.75, 3.05) is 54.9 Å². The number of carbonyl (C=O) groups is 1. The van der Waals surface area contributed by atoms with Gasteiger partial charge < -0.3 is 14.5 Å². The molecule has 0 radical (unpaired) electrons. The monoisotopic (exact) mass is 347 g/mol. The molecule has 1 aliphatic rings. The number of carbonyl (C=O) groups excluding carboxylic acids is 1. The van der Waals surface area contributed by atoms with Crippen LogP contribution in [0, 0.1) is 0 Å². The Morgan fingerprint density at radius 3 is 2.24 bits per heavy atom. The molecular weight excluding hydrogens is 314 g/mol. The third-order valence-electron chi connectivity index (χ3n) is 5.20. The molecule has 0 aliphatic carbocycles. The van der Waals surface area contributed by atoms with E-state index < -0.39 is 0 Å². The Morgan fingerprint density at radius 2 is 1.76 bits per heavy atom. The summed E-state index contributed by atoms with van der Waals surface area (Å²) in [7, 11) is 9.90. The van der Waals surface area contributed by atoms with Crippen LogP contribution in [0.1, 0.15) is 18.4 Å². The van der Waals surface area contributed by atoms with Gasteiger partial charge in [0.2, 0.25) is 5.91 Å². The third-order valence-corrected chi connectivity index (χ3v) is 5.20. The zero-order valence-corrected chi connectivity index (χ0v) is 16.4. The fourth-order valence-corrected chi connectivity index (χ4v) is 3.68. The molecule has 1 heterocycles. The van der Waals surface area contributed by atoms with Crippen LogP contribution in [-0.4, -0.2) is 87.2 Å². The number of hydrogen-bond donors (Lipinski definition) is 0. The zero-order valence-electron chi connectivity index (χ0n) is 16.4. The molecule has 1 aromatic rings. The molecule has 1 saturated heterocycles. The summed E-state index contributed by atoms with van der Waals surface area (Å²) in [4.78, 5) is 19.3. The Kier molecular flexibility index (Phi) is 6.99. The number of benzene rings is 1. The molecule has 0 saturated carbocycles. The van der Waals surface area contributed by atoms with Crippen LogP contribution in [0.2, 0.25) is 0 Å². The summed E-state index contributed by atoms with van der Waals surface area (Å²) in [5.41, 5.74) is 1.07. The van der Waals surface area contributed by atoms with Gasteiger partial charge in [0.1, 0.15) is 0 Å². The van der Waals surface area contributed by atoms with Crippen molar-refractivity contribution in [2.45, 2.75) is 30.9 Å². The Hall–Kier alpha value is -1.43. The second kappa shape index (κ2) is 8.79. The molecule has 1 fully saturated rings. The minimum atomic E-state index is -0.132. The van der Waals surface area contributed by atoms with Gasteiger partial charge in [0, 0.05) is 26.7 Å². The molecular formula is C20H33N3O2. The molecule has 140 valence electrons. The summed E-state index contributed by atoms with van der Waals surface area (Å²) in [5, 5.41) is 0. The van der Waals surface area contributed by atoms with Crippen LogP contribution in [0.4, 0.5) is 0 Å². The first-order chi connectivity index (χ1) is 11.9. The topological polar surface area (TPSA) is 36.0 Å². The van der Waals surface area contributed by atoms with Gasteiger partial charge in [0.05, 0.1) is 11.6 Å². The third kappa shape index (κ3) is 5.27. The first-order valence-electron chi connectivity index (χ1n) is 9.06. The number of rotatable bonds is 7. The standard InChI is InChI=1S/C20H33N3O2/c1-21(2)16-20(25-5)11-13-23(14-12-20)19(24)18(22(3)4)15-17-9-7-6-8-10-17/h6-10,18H,11-16H2,1-5H3/t18-/m0/s1. The summed E-state index contributed by atoms with van der Waals surface area (Å²) in [6.45, 7) is 2.42. The fraction of sp³-hybridized carbons (Fsp3) is 0.650. The maximum atomic E-state index is 13.1. The molecule has 25 heavy (non-hydrogen) atoms. The number of likely N-dealkylation sites (N-methyl/N-ethyl adjacent to an activating group) is 2. The van der Waals surface area contributed by atoms with Crippen molar-refractivity contribution in [3.8, 4) is 0 Å². The molecule has 5 heteroatoms. The van der Waals surface area contributed by atoms with Crippen LogP contribution in [0.3, 0.4) is 0 Å². The lowest BCUT2D eigenvalue weighted by molar-refractivity contribution is -0.142. The van der Waals surface area contributed by atoms with Crippen molar-refractivity contribution >= 4 is 5.91 Å². The predicted molar refractivity (Wildman–Crippen MR) is 102 cm³/mol. The Morgan fingerprint density at radius 1 is 1.16 bits per heavy atom. The smallest absolute Gasteiger partial charge is 0.240 e. The number of nitrogens with zero attached hydrogens (tertiary/aromatic N) is 3. The minimum Gasteiger partial charge on any atom is -0.377 e. The van der Waals surface area contributed by atoms with Crippen LogP contribution in [0.5, 0.6) is 0 Å². The summed E-state index contributed by atoms with van der Waals surface area (Å²) < 4.78 is 5.83. The van der Waals surface area contributed by atoms with Gasteiger partial charge in [-0.3, -0.25) is 9.69 Å². The molecule has 0 bridgehead atoms. The van der Waals surface area contributed by atoms with Crippen LogP contribution >= 0.6 is 0 Å². The fourth-order valence-electron chi connectivity index (χ4n) is 3.68. The Bertz CT molecular complexity index is 537. The van der Waals surface area contributed by atoms with E-state index in [-0.39, 0.29) is 17.6 Å². The highest BCUT2D eigenvalue weighted by Gasteiger charge is 2.38. The summed E-state index contributed by atoms with van der Waals surface area (Å²) in [5.74, 6) is 0.225. The van der Waals surface area contributed by atoms with Crippen LogP contribution in [0.25, 0.3) is 0 Å². The van der Waals surface area contributed by atoms with Crippen molar-refractivity contribution in [3.05, 3.63) is 35.9 Å². The minimum absolute atomic E-state index is 0.119. The van der Waals surface area contributed by atoms with E-state index >= 15 is 0 Å². The molecule has 0 unspecified atom stereocenters. The second-order valence-corrected chi connectivity index (χ2v) is 7.62. The lowest BCUT2D eigenvalue weighted by Gasteiger charge is -2.43. The largest absolute Gasteiger partial charge is 0.377 e. The maximum Gasteiger partial charge on any atom is 0.240 e. The van der Waals surface area contributed by atoms with Crippen molar-refractivity contribution in [3.63, 3.8) is 0 Å². The number of ether oxygens (including phenoxy) is 1. The highest BCUT2D eigenvalue weighted by molar-refractivity contribution is 5.82. The zero-order chi connectivity index (χ0) is 18.4. The van der Waals surface area contributed by atoms with Gasteiger partial charge in [0.25, 0.3) is 0 Å². The van der Waals surface area contributed by atoms with E-state index in [1.165, 1.54) is 5.56 Å². The molecule has 0 aromatic heterocycles. The van der Waals surface area contributed by atoms with Crippen molar-refractivity contribution in [1.82, 2.24) is 14.7 Å². The van der Waals surface area contributed by atoms with E-state index in [9.17, 15) is 4.79 Å². The highest BCUT2D eigenvalue weighted by atomic mass is 16.5. The van der Waals surface area contributed by atoms with Gasteiger partial charge >= 0.3 is 0 Å². The number of methoxy groups -OCH3 is 1. The second-order valence-electron chi connectivity index (χ2n) is 7.62. The van der Waals surface area contributed by atoms with E-state index in [2.05, 4.69) is 31.1 Å². The summed E-state index contributed by atoms with van der Waals surface area (Å²) in [6.07, 6.45) is 2.52. The van der Waals surface area contributed by atoms with Gasteiger partial charge in [0.15, 0.2) is 0 Å². The average molecular weight is 348 g/mol. The predicted octanol–water partition coefficient (Wildman–Crippen LogP) is 1.73. The summed E-state index contributed by atoms with van der Waals surface area (Å²) >= 11 is 0. The molecule has 2 rings (SSSR count). The maximum absolute atomic E-state index is 13.1. The van der Waals surface area contributed by atoms with Crippen LogP contribution in [0.15, 0.2) is 30.3 Å². The molecule has 5 nitrogen and oxygen atoms in total. The van der Waals surface area contributed by atoms with E-state index in [0.717, 1.165) is 38.9 Å². The van der Waals surface area contributed by atoms with Crippen LogP contribution < -0.4 is 0 Å². The van der Waals surface area contributed by atoms with Gasteiger partial charge in [-0.1, -0.05) is 30.3 Å². The first kappa shape index (κ1) is 19.9. The lowest BCUT2D eigenvalue weighted by atomic mass is 9.90. The molecule has 1 aromatic carbocycles. The number of hydrogen-bond acceptors (Lipinski definition) is 4. The van der Waals surface area contributed by atoms with Gasteiger partial charge in [-0.15, -0.1) is 0 Å². The molecule has 1 aliphatic heterocycles. The lowest BCUT2D eigenvalue weighted by Crippen LogP contribution is -2.55. The van der Waals surface area contributed by atoms with E-state index in [1.54, 1.807) is 7.11 Å². The highest BCUT2D eigenvalue weighted by Crippen LogP contribution is 2.27. The van der Waals surface area contributed by atoms with E-state index in [1.807, 2.05) is 42.1 Å². The van der Waals surface area contributed by atoms with Gasteiger partial charge in [-0.2, -0.15) is 0 Å². The molecule has 1 amide bonds. The Labute approximate surface area is 152 Å². The van der Waals surface area contributed by atoms with Crippen LogP contribution in [-0.2, 0) is 16.0 Å². The van der Waals surface area contributed by atoms with Crippen molar-refractivity contribution < 1.29 is 9.53 Å². The Balaban J connectivity index is 2.01. The van der Waals surface area contributed by atoms with Gasteiger partial charge in [-0.25, -0.2) is 0 Å². The summed E-state index contributed by atoms with van der Waals surface area (Å²) in [6, 6.07) is 10.1. The van der Waals surface area contributed by atoms with E-state index in [4.69, 9.17) is 4.74 Å². The number of likely N-dealkylation sites (tertiary alicyclic amines) is 1. The quantitative estimate of drug-likeness (QED) is 0.753.